The fourth-order valence-electron chi connectivity index (χ4n) is 3.92. The van der Waals surface area contributed by atoms with Crippen LogP contribution >= 0.6 is 11.3 Å². The number of anilines is 1. The van der Waals surface area contributed by atoms with Crippen molar-refractivity contribution in [1.82, 2.24) is 4.98 Å². The zero-order valence-corrected chi connectivity index (χ0v) is 11.7. The van der Waals surface area contributed by atoms with Gasteiger partial charge in [0.05, 0.1) is 17.6 Å². The molecule has 3 fully saturated rings. The summed E-state index contributed by atoms with van der Waals surface area (Å²) in [6.07, 6.45) is 3.43. The molecule has 5 atom stereocenters. The monoisotopic (exact) mass is 280 g/mol. The summed E-state index contributed by atoms with van der Waals surface area (Å²) in [6.45, 7) is 4.09. The van der Waals surface area contributed by atoms with Gasteiger partial charge in [-0.05, 0) is 19.8 Å². The Labute approximate surface area is 115 Å². The maximum absolute atomic E-state index is 12.4. The molecule has 3 aliphatic heterocycles. The van der Waals surface area contributed by atoms with Crippen LogP contribution in [0, 0.1) is 10.8 Å². The van der Waals surface area contributed by atoms with Gasteiger partial charge in [-0.15, -0.1) is 11.3 Å². The smallest absolute Gasteiger partial charge is 0.317 e. The average molecular weight is 280 g/mol. The zero-order valence-electron chi connectivity index (χ0n) is 10.9. The molecule has 4 rings (SSSR count). The molecule has 3 saturated heterocycles. The molecule has 102 valence electrons. The van der Waals surface area contributed by atoms with E-state index in [1.807, 2.05) is 12.3 Å². The first-order chi connectivity index (χ1) is 9.06. The Hall–Kier alpha value is -1.14. The van der Waals surface area contributed by atoms with E-state index in [1.165, 1.54) is 11.3 Å². The van der Waals surface area contributed by atoms with Crippen LogP contribution in [0.2, 0.25) is 0 Å². The van der Waals surface area contributed by atoms with Gasteiger partial charge in [0.2, 0.25) is 0 Å². The summed E-state index contributed by atoms with van der Waals surface area (Å²) in [5.74, 6) is -0.142. The van der Waals surface area contributed by atoms with E-state index in [4.69, 9.17) is 9.47 Å². The molecule has 6 heteroatoms. The summed E-state index contributed by atoms with van der Waals surface area (Å²) in [4.78, 5) is 16.6. The predicted molar refractivity (Wildman–Crippen MR) is 69.7 cm³/mol. The Bertz CT molecular complexity index is 534. The highest BCUT2D eigenvalue weighted by Gasteiger charge is 2.76. The molecule has 0 aliphatic carbocycles. The van der Waals surface area contributed by atoms with E-state index in [9.17, 15) is 4.79 Å². The number of rotatable bonds is 2. The first kappa shape index (κ1) is 11.7. The molecule has 0 radical (unpaired) electrons. The van der Waals surface area contributed by atoms with E-state index in [0.29, 0.717) is 0 Å². The van der Waals surface area contributed by atoms with E-state index >= 15 is 0 Å². The highest BCUT2D eigenvalue weighted by Crippen LogP contribution is 2.65. The van der Waals surface area contributed by atoms with Gasteiger partial charge in [-0.1, -0.05) is 6.92 Å². The lowest BCUT2D eigenvalue weighted by molar-refractivity contribution is -0.151. The highest BCUT2D eigenvalue weighted by molar-refractivity contribution is 7.13. The van der Waals surface area contributed by atoms with Gasteiger partial charge in [0.1, 0.15) is 5.41 Å². The third-order valence-electron chi connectivity index (χ3n) is 5.33. The number of fused-ring (bicyclic) bond motifs is 5. The van der Waals surface area contributed by atoms with Crippen molar-refractivity contribution in [2.45, 2.75) is 45.1 Å². The Balaban J connectivity index is 1.73. The van der Waals surface area contributed by atoms with E-state index in [0.717, 1.165) is 18.0 Å². The first-order valence-corrected chi connectivity index (χ1v) is 7.47. The third kappa shape index (κ3) is 1.19. The van der Waals surface area contributed by atoms with Crippen molar-refractivity contribution in [3.63, 3.8) is 0 Å². The molecule has 0 aromatic carbocycles. The van der Waals surface area contributed by atoms with Gasteiger partial charge in [-0.2, -0.15) is 0 Å². The first-order valence-electron chi connectivity index (χ1n) is 6.59. The van der Waals surface area contributed by atoms with Crippen molar-refractivity contribution in [2.24, 2.45) is 10.8 Å². The SMILES string of the molecule is C[C@@]12C(Nc3nccs3)OC(=O)[C@]1(C)[C@H]1CC[C@@H]2O1. The number of thiazole rings is 1. The number of esters is 1. The quantitative estimate of drug-likeness (QED) is 0.840. The Morgan fingerprint density at radius 1 is 1.42 bits per heavy atom. The fourth-order valence-corrected chi connectivity index (χ4v) is 4.46. The maximum Gasteiger partial charge on any atom is 0.317 e. The van der Waals surface area contributed by atoms with Gasteiger partial charge < -0.3 is 14.8 Å². The van der Waals surface area contributed by atoms with Crippen LogP contribution in [-0.2, 0) is 14.3 Å². The van der Waals surface area contributed by atoms with Crippen LogP contribution in [0.25, 0.3) is 0 Å². The molecule has 3 aliphatic rings. The van der Waals surface area contributed by atoms with Crippen LogP contribution in [0.4, 0.5) is 5.13 Å². The number of hydrogen-bond acceptors (Lipinski definition) is 6. The van der Waals surface area contributed by atoms with Gasteiger partial charge in [-0.3, -0.25) is 4.79 Å². The van der Waals surface area contributed by atoms with Gasteiger partial charge in [-0.25, -0.2) is 4.98 Å². The average Bonchev–Trinajstić information content (AvgIpc) is 3.10. The minimum absolute atomic E-state index is 0.00176. The standard InChI is InChI=1S/C13H16N2O3S/c1-12-7-3-4-8(17-7)13(12,2)10(16)18-9(12)15-11-14-5-6-19-11/h5-9H,3-4H2,1-2H3,(H,14,15)/t7-,8+,9?,12+,13-/m0/s1. The number of ether oxygens (including phenoxy) is 2. The van der Waals surface area contributed by atoms with Crippen LogP contribution in [0.15, 0.2) is 11.6 Å². The topological polar surface area (TPSA) is 60.5 Å². The number of cyclic esters (lactones) is 1. The predicted octanol–water partition coefficient (Wildman–Crippen LogP) is 2.01. The van der Waals surface area contributed by atoms with Gasteiger partial charge in [0.15, 0.2) is 11.4 Å². The second-order valence-corrected chi connectivity index (χ2v) is 6.84. The highest BCUT2D eigenvalue weighted by atomic mass is 32.1. The van der Waals surface area contributed by atoms with Crippen LogP contribution in [0.1, 0.15) is 26.7 Å². The number of nitrogens with one attached hydrogen (secondary N) is 1. The Morgan fingerprint density at radius 3 is 2.95 bits per heavy atom. The van der Waals surface area contributed by atoms with Crippen LogP contribution < -0.4 is 5.32 Å². The zero-order chi connectivity index (χ0) is 13.3. The minimum Gasteiger partial charge on any atom is -0.440 e. The summed E-state index contributed by atoms with van der Waals surface area (Å²) in [6, 6.07) is 0. The van der Waals surface area contributed by atoms with Gasteiger partial charge in [0.25, 0.3) is 0 Å². The molecule has 0 amide bonds. The summed E-state index contributed by atoms with van der Waals surface area (Å²) in [7, 11) is 0. The molecular formula is C13H16N2O3S. The normalized spacial score (nSPS) is 47.3. The second kappa shape index (κ2) is 3.49. The van der Waals surface area contributed by atoms with Crippen LogP contribution in [-0.4, -0.2) is 29.4 Å². The second-order valence-electron chi connectivity index (χ2n) is 5.94. The lowest BCUT2D eigenvalue weighted by atomic mass is 9.58. The van der Waals surface area contributed by atoms with Crippen molar-refractivity contribution >= 4 is 22.4 Å². The van der Waals surface area contributed by atoms with Crippen molar-refractivity contribution in [2.75, 3.05) is 5.32 Å². The maximum atomic E-state index is 12.4. The molecule has 0 spiro atoms. The number of carbonyl (C=O) groups excluding carboxylic acids is 1. The summed E-state index contributed by atoms with van der Waals surface area (Å²) in [5.41, 5.74) is -0.858. The van der Waals surface area contributed by atoms with Crippen molar-refractivity contribution < 1.29 is 14.3 Å². The lowest BCUT2D eigenvalue weighted by Gasteiger charge is -2.39. The van der Waals surface area contributed by atoms with E-state index < -0.39 is 5.41 Å². The molecule has 1 unspecified atom stereocenters. The molecule has 1 aromatic rings. The van der Waals surface area contributed by atoms with Crippen LogP contribution in [0.5, 0.6) is 0 Å². The molecule has 1 aromatic heterocycles. The van der Waals surface area contributed by atoms with E-state index in [1.54, 1.807) is 6.20 Å². The number of carbonyl (C=O) groups is 1. The number of hydrogen-bond donors (Lipinski definition) is 1. The summed E-state index contributed by atoms with van der Waals surface area (Å²) < 4.78 is 11.6. The van der Waals surface area contributed by atoms with Crippen molar-refractivity contribution in [3.05, 3.63) is 11.6 Å². The third-order valence-corrected chi connectivity index (χ3v) is 6.04. The molecule has 1 N–H and O–H groups in total. The van der Waals surface area contributed by atoms with E-state index in [-0.39, 0.29) is 29.8 Å². The molecule has 2 bridgehead atoms. The molecule has 19 heavy (non-hydrogen) atoms. The molecular weight excluding hydrogens is 264 g/mol. The van der Waals surface area contributed by atoms with Gasteiger partial charge in [0, 0.05) is 11.6 Å². The Morgan fingerprint density at radius 2 is 2.21 bits per heavy atom. The van der Waals surface area contributed by atoms with E-state index in [2.05, 4.69) is 17.2 Å². The summed E-state index contributed by atoms with van der Waals surface area (Å²) in [5, 5.41) is 5.94. The lowest BCUT2D eigenvalue weighted by Crippen LogP contribution is -2.51. The van der Waals surface area contributed by atoms with Crippen molar-refractivity contribution in [3.8, 4) is 0 Å². The minimum atomic E-state index is -0.537. The fraction of sp³-hybridized carbons (Fsp3) is 0.692. The summed E-state index contributed by atoms with van der Waals surface area (Å²) >= 11 is 1.51. The largest absolute Gasteiger partial charge is 0.440 e. The molecule has 4 heterocycles. The number of nitrogens with zero attached hydrogens (tertiary/aromatic N) is 1. The van der Waals surface area contributed by atoms with Crippen LogP contribution in [0.3, 0.4) is 0 Å². The van der Waals surface area contributed by atoms with Crippen molar-refractivity contribution in [1.29, 1.82) is 0 Å². The molecule has 5 nitrogen and oxygen atoms in total. The number of aromatic nitrogens is 1. The van der Waals surface area contributed by atoms with Gasteiger partial charge >= 0.3 is 5.97 Å². The molecule has 0 saturated carbocycles. The Kier molecular flexibility index (Phi) is 2.14.